The molecule has 4 nitrogen and oxygen atoms in total. The van der Waals surface area contributed by atoms with Crippen LogP contribution in [-0.4, -0.2) is 40.6 Å². The van der Waals surface area contributed by atoms with E-state index >= 15 is 0 Å². The van der Waals surface area contributed by atoms with Crippen LogP contribution in [0.5, 0.6) is 5.75 Å². The molecule has 0 aliphatic heterocycles. The van der Waals surface area contributed by atoms with E-state index < -0.39 is 0 Å². The quantitative estimate of drug-likeness (QED) is 0.684. The third-order valence-corrected chi connectivity index (χ3v) is 3.56. The van der Waals surface area contributed by atoms with Gasteiger partial charge in [-0.3, -0.25) is 0 Å². The van der Waals surface area contributed by atoms with Crippen LogP contribution in [-0.2, 0) is 16.0 Å². The maximum absolute atomic E-state index is 5.41. The Morgan fingerprint density at radius 2 is 1.65 bits per heavy atom. The van der Waals surface area contributed by atoms with Crippen molar-refractivity contribution in [3.63, 3.8) is 0 Å². The Hall–Kier alpha value is -1.88. The van der Waals surface area contributed by atoms with Crippen LogP contribution in [0.4, 0.5) is 0 Å². The van der Waals surface area contributed by atoms with Crippen LogP contribution in [0.25, 0.3) is 11.1 Å². The molecule has 0 saturated carbocycles. The van der Waals surface area contributed by atoms with Crippen LogP contribution in [0, 0.1) is 0 Å². The molecule has 0 bridgehead atoms. The van der Waals surface area contributed by atoms with Gasteiger partial charge in [0.15, 0.2) is 0 Å². The second-order valence-corrected chi connectivity index (χ2v) is 5.18. The zero-order valence-electron chi connectivity index (χ0n) is 13.9. The van der Waals surface area contributed by atoms with E-state index in [9.17, 15) is 0 Å². The predicted octanol–water partition coefficient (Wildman–Crippen LogP) is 3.11. The van der Waals surface area contributed by atoms with Gasteiger partial charge in [0.2, 0.25) is 0 Å². The number of hydrogen-bond donors (Lipinski definition) is 1. The minimum atomic E-state index is 0.643. The van der Waals surface area contributed by atoms with E-state index in [1.807, 2.05) is 18.2 Å². The SMILES string of the molecule is COCCOCCNCc1ccc(-c2ccccc2OC)cc1. The van der Waals surface area contributed by atoms with Crippen molar-refractivity contribution in [2.24, 2.45) is 0 Å². The average molecular weight is 315 g/mol. The fraction of sp³-hybridized carbons (Fsp3) is 0.368. The Bertz CT molecular complexity index is 569. The molecule has 0 heterocycles. The summed E-state index contributed by atoms with van der Waals surface area (Å²) in [5, 5.41) is 3.37. The Labute approximate surface area is 138 Å². The van der Waals surface area contributed by atoms with Gasteiger partial charge in [0.05, 0.1) is 26.9 Å². The second kappa shape index (κ2) is 10.0. The van der Waals surface area contributed by atoms with Crippen molar-refractivity contribution in [1.82, 2.24) is 5.32 Å². The molecular formula is C19H25NO3. The number of benzene rings is 2. The van der Waals surface area contributed by atoms with Gasteiger partial charge in [0, 0.05) is 25.8 Å². The fourth-order valence-corrected chi connectivity index (χ4v) is 2.31. The highest BCUT2D eigenvalue weighted by Gasteiger charge is 2.04. The first-order chi connectivity index (χ1) is 11.3. The Balaban J connectivity index is 1.81. The first-order valence-electron chi connectivity index (χ1n) is 7.85. The number of para-hydroxylation sites is 1. The molecule has 0 unspecified atom stereocenters. The van der Waals surface area contributed by atoms with Gasteiger partial charge in [0.25, 0.3) is 0 Å². The zero-order valence-corrected chi connectivity index (χ0v) is 13.9. The van der Waals surface area contributed by atoms with Crippen molar-refractivity contribution in [2.75, 3.05) is 40.6 Å². The summed E-state index contributed by atoms with van der Waals surface area (Å²) in [5.41, 5.74) is 3.52. The molecule has 2 rings (SSSR count). The van der Waals surface area contributed by atoms with Gasteiger partial charge in [-0.2, -0.15) is 0 Å². The maximum atomic E-state index is 5.41. The highest BCUT2D eigenvalue weighted by Crippen LogP contribution is 2.29. The Kier molecular flexibility index (Phi) is 7.60. The third kappa shape index (κ3) is 5.67. The summed E-state index contributed by atoms with van der Waals surface area (Å²) in [6.45, 7) is 3.65. The summed E-state index contributed by atoms with van der Waals surface area (Å²) < 4.78 is 15.8. The second-order valence-electron chi connectivity index (χ2n) is 5.18. The maximum Gasteiger partial charge on any atom is 0.126 e. The molecule has 0 radical (unpaired) electrons. The number of hydrogen-bond acceptors (Lipinski definition) is 4. The van der Waals surface area contributed by atoms with Crippen molar-refractivity contribution < 1.29 is 14.2 Å². The van der Waals surface area contributed by atoms with Crippen LogP contribution in [0.2, 0.25) is 0 Å². The predicted molar refractivity (Wildman–Crippen MR) is 92.8 cm³/mol. The van der Waals surface area contributed by atoms with E-state index in [4.69, 9.17) is 14.2 Å². The molecule has 0 aliphatic rings. The molecule has 2 aromatic carbocycles. The van der Waals surface area contributed by atoms with Crippen LogP contribution in [0.1, 0.15) is 5.56 Å². The molecule has 0 fully saturated rings. The zero-order chi connectivity index (χ0) is 16.3. The van der Waals surface area contributed by atoms with Crippen molar-refractivity contribution in [2.45, 2.75) is 6.54 Å². The average Bonchev–Trinajstić information content (AvgIpc) is 2.61. The van der Waals surface area contributed by atoms with Crippen molar-refractivity contribution in [3.8, 4) is 16.9 Å². The number of ether oxygens (including phenoxy) is 3. The van der Waals surface area contributed by atoms with Gasteiger partial charge >= 0.3 is 0 Å². The molecule has 23 heavy (non-hydrogen) atoms. The summed E-state index contributed by atoms with van der Waals surface area (Å²) in [4.78, 5) is 0. The molecule has 124 valence electrons. The molecule has 0 aromatic heterocycles. The lowest BCUT2D eigenvalue weighted by molar-refractivity contribution is 0.0719. The smallest absolute Gasteiger partial charge is 0.126 e. The number of methoxy groups -OCH3 is 2. The number of rotatable bonds is 10. The Morgan fingerprint density at radius 3 is 2.39 bits per heavy atom. The Morgan fingerprint density at radius 1 is 0.870 bits per heavy atom. The lowest BCUT2D eigenvalue weighted by Crippen LogP contribution is -2.20. The van der Waals surface area contributed by atoms with Gasteiger partial charge < -0.3 is 19.5 Å². The normalized spacial score (nSPS) is 10.7. The fourth-order valence-electron chi connectivity index (χ4n) is 2.31. The third-order valence-electron chi connectivity index (χ3n) is 3.56. The topological polar surface area (TPSA) is 39.7 Å². The minimum Gasteiger partial charge on any atom is -0.496 e. The van der Waals surface area contributed by atoms with E-state index in [0.717, 1.165) is 30.0 Å². The van der Waals surface area contributed by atoms with E-state index in [2.05, 4.69) is 35.6 Å². The van der Waals surface area contributed by atoms with Crippen LogP contribution >= 0.6 is 0 Å². The minimum absolute atomic E-state index is 0.643. The molecule has 0 atom stereocenters. The van der Waals surface area contributed by atoms with Gasteiger partial charge in [-0.25, -0.2) is 0 Å². The first-order valence-corrected chi connectivity index (χ1v) is 7.85. The monoisotopic (exact) mass is 315 g/mol. The van der Waals surface area contributed by atoms with E-state index in [-0.39, 0.29) is 0 Å². The highest BCUT2D eigenvalue weighted by atomic mass is 16.5. The lowest BCUT2D eigenvalue weighted by Gasteiger charge is -2.10. The van der Waals surface area contributed by atoms with E-state index in [1.165, 1.54) is 5.56 Å². The molecule has 0 aliphatic carbocycles. The summed E-state index contributed by atoms with van der Waals surface area (Å²) in [6, 6.07) is 16.6. The summed E-state index contributed by atoms with van der Waals surface area (Å²) in [6.07, 6.45) is 0. The molecule has 4 heteroatoms. The van der Waals surface area contributed by atoms with Crippen molar-refractivity contribution in [3.05, 3.63) is 54.1 Å². The summed E-state index contributed by atoms with van der Waals surface area (Å²) in [5.74, 6) is 0.895. The van der Waals surface area contributed by atoms with E-state index in [1.54, 1.807) is 14.2 Å². The molecule has 0 saturated heterocycles. The lowest BCUT2D eigenvalue weighted by atomic mass is 10.0. The summed E-state index contributed by atoms with van der Waals surface area (Å²) in [7, 11) is 3.38. The largest absolute Gasteiger partial charge is 0.496 e. The van der Waals surface area contributed by atoms with Gasteiger partial charge in [-0.15, -0.1) is 0 Å². The molecular weight excluding hydrogens is 290 g/mol. The van der Waals surface area contributed by atoms with Gasteiger partial charge in [-0.1, -0.05) is 42.5 Å². The van der Waals surface area contributed by atoms with Crippen LogP contribution < -0.4 is 10.1 Å². The van der Waals surface area contributed by atoms with Crippen LogP contribution in [0.15, 0.2) is 48.5 Å². The van der Waals surface area contributed by atoms with Gasteiger partial charge in [-0.05, 0) is 17.2 Å². The standard InChI is InChI=1S/C19H25NO3/c1-21-13-14-23-12-11-20-15-16-7-9-17(10-8-16)18-5-3-4-6-19(18)22-2/h3-10,20H,11-15H2,1-2H3. The van der Waals surface area contributed by atoms with Crippen molar-refractivity contribution >= 4 is 0 Å². The summed E-state index contributed by atoms with van der Waals surface area (Å²) >= 11 is 0. The molecule has 2 aromatic rings. The van der Waals surface area contributed by atoms with Crippen LogP contribution in [0.3, 0.4) is 0 Å². The van der Waals surface area contributed by atoms with E-state index in [0.29, 0.717) is 19.8 Å². The van der Waals surface area contributed by atoms with Crippen molar-refractivity contribution in [1.29, 1.82) is 0 Å². The highest BCUT2D eigenvalue weighted by molar-refractivity contribution is 5.70. The molecule has 0 spiro atoms. The first kappa shape index (κ1) is 17.5. The molecule has 1 N–H and O–H groups in total. The number of nitrogens with one attached hydrogen (secondary N) is 1. The van der Waals surface area contributed by atoms with Gasteiger partial charge in [0.1, 0.15) is 5.75 Å². The molecule has 0 amide bonds.